The third kappa shape index (κ3) is 4.18. The molecular formula is C22H22N4O2. The standard InChI is InChI=1S/C22H22N4O2/c27-21(22(28)25-19-7-8-20-17(14-19)6-3-10-23-20)24-11-13-26-12-9-16-4-1-2-5-18(16)15-26/h1-8,10,14H,9,11-13,15H2,(H,24,27)(H,25,28). The monoisotopic (exact) mass is 374 g/mol. The van der Waals surface area contributed by atoms with E-state index < -0.39 is 11.8 Å². The molecule has 0 fully saturated rings. The molecule has 1 aromatic heterocycles. The number of rotatable bonds is 4. The summed E-state index contributed by atoms with van der Waals surface area (Å²) in [5.41, 5.74) is 4.15. The van der Waals surface area contributed by atoms with Crippen molar-refractivity contribution in [2.45, 2.75) is 13.0 Å². The third-order valence-corrected chi connectivity index (χ3v) is 4.99. The van der Waals surface area contributed by atoms with Crippen LogP contribution in [0.5, 0.6) is 0 Å². The lowest BCUT2D eigenvalue weighted by Gasteiger charge is -2.28. The molecule has 28 heavy (non-hydrogen) atoms. The number of carbonyl (C=O) groups excluding carboxylic acids is 2. The van der Waals surface area contributed by atoms with Gasteiger partial charge < -0.3 is 10.6 Å². The molecule has 0 unspecified atom stereocenters. The number of nitrogens with zero attached hydrogens (tertiary/aromatic N) is 2. The summed E-state index contributed by atoms with van der Waals surface area (Å²) in [6.07, 6.45) is 2.73. The fourth-order valence-electron chi connectivity index (χ4n) is 3.49. The molecule has 142 valence electrons. The van der Waals surface area contributed by atoms with Gasteiger partial charge in [0.25, 0.3) is 0 Å². The summed E-state index contributed by atoms with van der Waals surface area (Å²) in [5, 5.41) is 6.26. The summed E-state index contributed by atoms with van der Waals surface area (Å²) < 4.78 is 0. The van der Waals surface area contributed by atoms with Gasteiger partial charge in [0.2, 0.25) is 0 Å². The van der Waals surface area contributed by atoms with Gasteiger partial charge in [-0.05, 0) is 41.8 Å². The maximum absolute atomic E-state index is 12.1. The van der Waals surface area contributed by atoms with Gasteiger partial charge in [0.15, 0.2) is 0 Å². The molecule has 0 saturated heterocycles. The molecule has 2 aromatic carbocycles. The van der Waals surface area contributed by atoms with E-state index in [1.807, 2.05) is 18.2 Å². The van der Waals surface area contributed by atoms with Crippen LogP contribution in [-0.4, -0.2) is 41.3 Å². The number of anilines is 1. The molecule has 3 aromatic rings. The lowest BCUT2D eigenvalue weighted by atomic mass is 10.00. The molecule has 6 nitrogen and oxygen atoms in total. The van der Waals surface area contributed by atoms with Crippen LogP contribution in [0.25, 0.3) is 10.9 Å². The minimum atomic E-state index is -0.660. The maximum atomic E-state index is 12.1. The van der Waals surface area contributed by atoms with E-state index in [1.165, 1.54) is 11.1 Å². The molecule has 0 bridgehead atoms. The molecule has 0 radical (unpaired) electrons. The minimum Gasteiger partial charge on any atom is -0.347 e. The Balaban J connectivity index is 1.26. The van der Waals surface area contributed by atoms with Crippen LogP contribution in [0.15, 0.2) is 60.8 Å². The van der Waals surface area contributed by atoms with E-state index in [9.17, 15) is 9.59 Å². The van der Waals surface area contributed by atoms with E-state index in [4.69, 9.17) is 0 Å². The third-order valence-electron chi connectivity index (χ3n) is 4.99. The van der Waals surface area contributed by atoms with Gasteiger partial charge in [-0.25, -0.2) is 0 Å². The fourth-order valence-corrected chi connectivity index (χ4v) is 3.49. The van der Waals surface area contributed by atoms with E-state index in [0.717, 1.165) is 37.0 Å². The molecule has 0 spiro atoms. The van der Waals surface area contributed by atoms with Crippen molar-refractivity contribution in [1.82, 2.24) is 15.2 Å². The maximum Gasteiger partial charge on any atom is 0.313 e. The second-order valence-corrected chi connectivity index (χ2v) is 6.92. The van der Waals surface area contributed by atoms with Gasteiger partial charge in [-0.15, -0.1) is 0 Å². The summed E-state index contributed by atoms with van der Waals surface area (Å²) in [6, 6.07) is 17.5. The van der Waals surface area contributed by atoms with Crippen molar-refractivity contribution >= 4 is 28.4 Å². The Morgan fingerprint density at radius 3 is 2.75 bits per heavy atom. The average Bonchev–Trinajstić information content (AvgIpc) is 2.73. The minimum absolute atomic E-state index is 0.441. The summed E-state index contributed by atoms with van der Waals surface area (Å²) in [5.74, 6) is -1.28. The normalized spacial score (nSPS) is 13.7. The van der Waals surface area contributed by atoms with Crippen LogP contribution < -0.4 is 10.6 Å². The van der Waals surface area contributed by atoms with E-state index in [1.54, 1.807) is 18.3 Å². The number of hydrogen-bond donors (Lipinski definition) is 2. The first-order chi connectivity index (χ1) is 13.7. The molecule has 0 atom stereocenters. The van der Waals surface area contributed by atoms with Crippen molar-refractivity contribution in [3.05, 3.63) is 71.9 Å². The SMILES string of the molecule is O=C(NCCN1CCc2ccccc2C1)C(=O)Nc1ccc2ncccc2c1. The summed E-state index contributed by atoms with van der Waals surface area (Å²) in [7, 11) is 0. The Hall–Kier alpha value is -3.25. The molecule has 1 aliphatic heterocycles. The highest BCUT2D eigenvalue weighted by Gasteiger charge is 2.17. The predicted octanol–water partition coefficient (Wildman–Crippen LogP) is 2.35. The topological polar surface area (TPSA) is 74.3 Å². The van der Waals surface area contributed by atoms with Crippen LogP contribution in [0.2, 0.25) is 0 Å². The van der Waals surface area contributed by atoms with Gasteiger partial charge >= 0.3 is 11.8 Å². The van der Waals surface area contributed by atoms with Crippen LogP contribution in [-0.2, 0) is 22.6 Å². The largest absolute Gasteiger partial charge is 0.347 e. The van der Waals surface area contributed by atoms with E-state index in [0.29, 0.717) is 12.2 Å². The number of aromatic nitrogens is 1. The fraction of sp³-hybridized carbons (Fsp3) is 0.227. The van der Waals surface area contributed by atoms with E-state index in [-0.39, 0.29) is 0 Å². The smallest absolute Gasteiger partial charge is 0.313 e. The Bertz CT molecular complexity index is 1020. The van der Waals surface area contributed by atoms with Crippen molar-refractivity contribution in [3.63, 3.8) is 0 Å². The molecule has 2 N–H and O–H groups in total. The first-order valence-electron chi connectivity index (χ1n) is 9.42. The summed E-state index contributed by atoms with van der Waals surface area (Å²) in [6.45, 7) is 3.00. The van der Waals surface area contributed by atoms with Gasteiger partial charge in [0.1, 0.15) is 0 Å². The number of hydrogen-bond acceptors (Lipinski definition) is 4. The Kier molecular flexibility index (Phi) is 5.30. The van der Waals surface area contributed by atoms with Crippen LogP contribution in [0.4, 0.5) is 5.69 Å². The number of pyridine rings is 1. The lowest BCUT2D eigenvalue weighted by molar-refractivity contribution is -0.136. The number of nitrogens with one attached hydrogen (secondary N) is 2. The van der Waals surface area contributed by atoms with Gasteiger partial charge in [0, 0.05) is 43.4 Å². The Labute approximate surface area is 163 Å². The highest BCUT2D eigenvalue weighted by atomic mass is 16.2. The molecule has 0 aliphatic carbocycles. The average molecular weight is 374 g/mol. The van der Waals surface area contributed by atoms with Gasteiger partial charge in [-0.1, -0.05) is 30.3 Å². The van der Waals surface area contributed by atoms with Crippen LogP contribution >= 0.6 is 0 Å². The molecule has 4 rings (SSSR count). The number of benzene rings is 2. The lowest BCUT2D eigenvalue weighted by Crippen LogP contribution is -2.41. The quantitative estimate of drug-likeness (QED) is 0.688. The number of amides is 2. The molecule has 0 saturated carbocycles. The highest BCUT2D eigenvalue weighted by Crippen LogP contribution is 2.18. The van der Waals surface area contributed by atoms with Crippen molar-refractivity contribution in [3.8, 4) is 0 Å². The zero-order valence-electron chi connectivity index (χ0n) is 15.5. The number of carbonyl (C=O) groups is 2. The predicted molar refractivity (Wildman–Crippen MR) is 109 cm³/mol. The van der Waals surface area contributed by atoms with E-state index in [2.05, 4.69) is 44.8 Å². The van der Waals surface area contributed by atoms with E-state index >= 15 is 0 Å². The molecular weight excluding hydrogens is 352 g/mol. The van der Waals surface area contributed by atoms with Crippen molar-refractivity contribution in [1.29, 1.82) is 0 Å². The van der Waals surface area contributed by atoms with Crippen LogP contribution in [0.3, 0.4) is 0 Å². The second kappa shape index (κ2) is 8.19. The zero-order chi connectivity index (χ0) is 19.3. The first kappa shape index (κ1) is 18.1. The number of fused-ring (bicyclic) bond motifs is 2. The van der Waals surface area contributed by atoms with Crippen LogP contribution in [0.1, 0.15) is 11.1 Å². The molecule has 2 heterocycles. The Morgan fingerprint density at radius 1 is 1.00 bits per heavy atom. The summed E-state index contributed by atoms with van der Waals surface area (Å²) >= 11 is 0. The summed E-state index contributed by atoms with van der Waals surface area (Å²) in [4.78, 5) is 30.8. The van der Waals surface area contributed by atoms with Crippen LogP contribution in [0, 0.1) is 0 Å². The highest BCUT2D eigenvalue weighted by molar-refractivity contribution is 6.39. The van der Waals surface area contributed by atoms with Crippen molar-refractivity contribution < 1.29 is 9.59 Å². The molecule has 2 amide bonds. The van der Waals surface area contributed by atoms with Crippen molar-refractivity contribution in [2.24, 2.45) is 0 Å². The second-order valence-electron chi connectivity index (χ2n) is 6.92. The first-order valence-corrected chi connectivity index (χ1v) is 9.42. The van der Waals surface area contributed by atoms with Gasteiger partial charge in [0.05, 0.1) is 5.52 Å². The zero-order valence-corrected chi connectivity index (χ0v) is 15.5. The van der Waals surface area contributed by atoms with Gasteiger partial charge in [-0.3, -0.25) is 19.5 Å². The Morgan fingerprint density at radius 2 is 1.86 bits per heavy atom. The van der Waals surface area contributed by atoms with Crippen molar-refractivity contribution in [2.75, 3.05) is 25.0 Å². The molecule has 6 heteroatoms. The molecule has 1 aliphatic rings. The van der Waals surface area contributed by atoms with Gasteiger partial charge in [-0.2, -0.15) is 0 Å².